The molecular weight excluding hydrogens is 318 g/mol. The molecule has 1 saturated heterocycles. The molecule has 1 aliphatic heterocycles. The summed E-state index contributed by atoms with van der Waals surface area (Å²) in [4.78, 5) is 32.5. The number of carbonyl (C=O) groups excluding carboxylic acids is 2. The lowest BCUT2D eigenvalue weighted by molar-refractivity contribution is -0.131. The summed E-state index contributed by atoms with van der Waals surface area (Å²) >= 11 is 0. The van der Waals surface area contributed by atoms with Crippen molar-refractivity contribution in [2.45, 2.75) is 6.42 Å². The number of pyridine rings is 1. The molecule has 0 saturated carbocycles. The molecule has 2 heterocycles. The van der Waals surface area contributed by atoms with Gasteiger partial charge in [-0.25, -0.2) is 0 Å². The summed E-state index contributed by atoms with van der Waals surface area (Å²) in [6.45, 7) is 2.22. The molecule has 1 aliphatic rings. The molecule has 1 aromatic carbocycles. The highest BCUT2D eigenvalue weighted by Crippen LogP contribution is 2.14. The van der Waals surface area contributed by atoms with Crippen LogP contribution >= 0.6 is 0 Å². The molecule has 0 atom stereocenters. The van der Waals surface area contributed by atoms with Gasteiger partial charge in [0, 0.05) is 44.1 Å². The van der Waals surface area contributed by atoms with E-state index in [0.29, 0.717) is 38.2 Å². The van der Waals surface area contributed by atoms with Crippen molar-refractivity contribution in [3.63, 3.8) is 0 Å². The second-order valence-corrected chi connectivity index (χ2v) is 5.93. The molecule has 2 amide bonds. The van der Waals surface area contributed by atoms with Crippen LogP contribution in [0.2, 0.25) is 0 Å². The van der Waals surface area contributed by atoms with Crippen molar-refractivity contribution >= 4 is 11.8 Å². The molecule has 0 aliphatic carbocycles. The number of piperazine rings is 1. The summed E-state index contributed by atoms with van der Waals surface area (Å²) in [6.07, 6.45) is 3.75. The fraction of sp³-hybridized carbons (Fsp3) is 0.316. The Morgan fingerprint density at radius 2 is 1.56 bits per heavy atom. The number of aromatic nitrogens is 1. The van der Waals surface area contributed by atoms with Crippen LogP contribution in [0.5, 0.6) is 5.75 Å². The van der Waals surface area contributed by atoms with Crippen molar-refractivity contribution in [3.05, 3.63) is 59.9 Å². The first-order valence-corrected chi connectivity index (χ1v) is 8.27. The number of nitrogens with zero attached hydrogens (tertiary/aromatic N) is 3. The van der Waals surface area contributed by atoms with Gasteiger partial charge < -0.3 is 14.5 Å². The van der Waals surface area contributed by atoms with E-state index in [4.69, 9.17) is 4.74 Å². The van der Waals surface area contributed by atoms with Crippen molar-refractivity contribution < 1.29 is 14.3 Å². The van der Waals surface area contributed by atoms with Gasteiger partial charge in [-0.15, -0.1) is 0 Å². The first-order chi connectivity index (χ1) is 12.2. The Bertz CT molecular complexity index is 723. The highest BCUT2D eigenvalue weighted by atomic mass is 16.5. The minimum atomic E-state index is -0.0103. The number of ether oxygens (including phenoxy) is 1. The van der Waals surface area contributed by atoms with E-state index in [1.807, 2.05) is 17.0 Å². The van der Waals surface area contributed by atoms with Crippen molar-refractivity contribution in [2.75, 3.05) is 33.3 Å². The topological polar surface area (TPSA) is 62.7 Å². The monoisotopic (exact) mass is 339 g/mol. The quantitative estimate of drug-likeness (QED) is 0.849. The van der Waals surface area contributed by atoms with E-state index < -0.39 is 0 Å². The Kier molecular flexibility index (Phi) is 5.28. The van der Waals surface area contributed by atoms with Crippen LogP contribution in [-0.2, 0) is 11.2 Å². The average molecular weight is 339 g/mol. The number of hydrogen-bond acceptors (Lipinski definition) is 4. The first kappa shape index (κ1) is 17.0. The second kappa shape index (κ2) is 7.79. The number of amides is 2. The molecule has 0 bridgehead atoms. The molecule has 6 nitrogen and oxygen atoms in total. The zero-order valence-corrected chi connectivity index (χ0v) is 14.2. The Labute approximate surface area is 147 Å². The highest BCUT2D eigenvalue weighted by molar-refractivity contribution is 5.94. The van der Waals surface area contributed by atoms with Crippen molar-refractivity contribution in [1.82, 2.24) is 14.8 Å². The summed E-state index contributed by atoms with van der Waals surface area (Å²) in [5.41, 5.74) is 1.59. The molecular formula is C19H21N3O3. The van der Waals surface area contributed by atoms with Crippen LogP contribution in [0.15, 0.2) is 48.8 Å². The maximum atomic E-state index is 12.5. The van der Waals surface area contributed by atoms with Gasteiger partial charge in [-0.05, 0) is 42.0 Å². The summed E-state index contributed by atoms with van der Waals surface area (Å²) in [7, 11) is 1.60. The molecule has 2 aromatic rings. The van der Waals surface area contributed by atoms with Gasteiger partial charge in [-0.2, -0.15) is 0 Å². The number of benzene rings is 1. The SMILES string of the molecule is COc1ccc(C(=O)N2CCN(C(=O)Cc3ccncc3)CC2)cc1. The zero-order valence-electron chi connectivity index (χ0n) is 14.2. The van der Waals surface area contributed by atoms with Gasteiger partial charge in [0.15, 0.2) is 0 Å². The van der Waals surface area contributed by atoms with Crippen LogP contribution in [0.4, 0.5) is 0 Å². The largest absolute Gasteiger partial charge is 0.497 e. The van der Waals surface area contributed by atoms with Crippen LogP contribution in [0, 0.1) is 0 Å². The number of rotatable bonds is 4. The Morgan fingerprint density at radius 3 is 2.16 bits per heavy atom. The minimum Gasteiger partial charge on any atom is -0.497 e. The lowest BCUT2D eigenvalue weighted by atomic mass is 10.1. The summed E-state index contributed by atoms with van der Waals surface area (Å²) in [6, 6.07) is 10.8. The van der Waals surface area contributed by atoms with Crippen LogP contribution < -0.4 is 4.74 Å². The van der Waals surface area contributed by atoms with Crippen LogP contribution in [0.3, 0.4) is 0 Å². The number of carbonyl (C=O) groups is 2. The van der Waals surface area contributed by atoms with Gasteiger partial charge in [-0.1, -0.05) is 0 Å². The fourth-order valence-corrected chi connectivity index (χ4v) is 2.86. The molecule has 25 heavy (non-hydrogen) atoms. The molecule has 1 aromatic heterocycles. The predicted molar refractivity (Wildman–Crippen MR) is 93.4 cm³/mol. The van der Waals surface area contributed by atoms with Crippen LogP contribution in [0.1, 0.15) is 15.9 Å². The van der Waals surface area contributed by atoms with E-state index in [9.17, 15) is 9.59 Å². The average Bonchev–Trinajstić information content (AvgIpc) is 2.68. The summed E-state index contributed by atoms with van der Waals surface area (Å²) in [5, 5.41) is 0. The van der Waals surface area contributed by atoms with E-state index in [0.717, 1.165) is 11.3 Å². The van der Waals surface area contributed by atoms with Crippen molar-refractivity contribution in [2.24, 2.45) is 0 Å². The van der Waals surface area contributed by atoms with Gasteiger partial charge in [-0.3, -0.25) is 14.6 Å². The van der Waals surface area contributed by atoms with Crippen molar-refractivity contribution in [3.8, 4) is 5.75 Å². The van der Waals surface area contributed by atoms with E-state index in [1.165, 1.54) is 0 Å². The minimum absolute atomic E-state index is 0.0103. The molecule has 0 unspecified atom stereocenters. The fourth-order valence-electron chi connectivity index (χ4n) is 2.86. The van der Waals surface area contributed by atoms with E-state index in [-0.39, 0.29) is 11.8 Å². The van der Waals surface area contributed by atoms with Crippen LogP contribution in [-0.4, -0.2) is 59.9 Å². The van der Waals surface area contributed by atoms with Gasteiger partial charge in [0.1, 0.15) is 5.75 Å². The molecule has 6 heteroatoms. The molecule has 3 rings (SSSR count). The highest BCUT2D eigenvalue weighted by Gasteiger charge is 2.24. The number of hydrogen-bond donors (Lipinski definition) is 0. The maximum Gasteiger partial charge on any atom is 0.253 e. The number of methoxy groups -OCH3 is 1. The molecule has 0 spiro atoms. The Balaban J connectivity index is 1.54. The molecule has 130 valence electrons. The van der Waals surface area contributed by atoms with Gasteiger partial charge >= 0.3 is 0 Å². The Hall–Kier alpha value is -2.89. The second-order valence-electron chi connectivity index (χ2n) is 5.93. The maximum absolute atomic E-state index is 12.5. The Morgan fingerprint density at radius 1 is 0.960 bits per heavy atom. The molecule has 1 fully saturated rings. The van der Waals surface area contributed by atoms with E-state index in [1.54, 1.807) is 48.7 Å². The van der Waals surface area contributed by atoms with Gasteiger partial charge in [0.25, 0.3) is 5.91 Å². The first-order valence-electron chi connectivity index (χ1n) is 8.27. The van der Waals surface area contributed by atoms with Crippen LogP contribution in [0.25, 0.3) is 0 Å². The lowest BCUT2D eigenvalue weighted by Crippen LogP contribution is -2.51. The summed E-state index contributed by atoms with van der Waals surface area (Å²) in [5.74, 6) is 0.801. The third-order valence-electron chi connectivity index (χ3n) is 4.36. The molecule has 0 radical (unpaired) electrons. The third-order valence-corrected chi connectivity index (χ3v) is 4.36. The lowest BCUT2D eigenvalue weighted by Gasteiger charge is -2.35. The van der Waals surface area contributed by atoms with E-state index in [2.05, 4.69) is 4.98 Å². The van der Waals surface area contributed by atoms with E-state index >= 15 is 0 Å². The van der Waals surface area contributed by atoms with Gasteiger partial charge in [0.05, 0.1) is 13.5 Å². The normalized spacial score (nSPS) is 14.3. The standard InChI is InChI=1S/C19H21N3O3/c1-25-17-4-2-16(3-5-17)19(24)22-12-10-21(11-13-22)18(23)14-15-6-8-20-9-7-15/h2-9H,10-14H2,1H3. The molecule has 0 N–H and O–H groups in total. The summed E-state index contributed by atoms with van der Waals surface area (Å²) < 4.78 is 5.11. The van der Waals surface area contributed by atoms with Crippen molar-refractivity contribution in [1.29, 1.82) is 0 Å². The predicted octanol–water partition coefficient (Wildman–Crippen LogP) is 1.62. The zero-order chi connectivity index (χ0) is 17.6. The smallest absolute Gasteiger partial charge is 0.253 e. The third kappa shape index (κ3) is 4.15. The van der Waals surface area contributed by atoms with Gasteiger partial charge in [0.2, 0.25) is 5.91 Å².